The maximum atomic E-state index is 13.4. The van der Waals surface area contributed by atoms with Gasteiger partial charge in [0.1, 0.15) is 6.04 Å². The van der Waals surface area contributed by atoms with Gasteiger partial charge in [-0.15, -0.1) is 0 Å². The van der Waals surface area contributed by atoms with Gasteiger partial charge in [-0.2, -0.15) is 4.31 Å². The molecule has 5 nitrogen and oxygen atoms in total. The average Bonchev–Trinajstić information content (AvgIpc) is 2.52. The van der Waals surface area contributed by atoms with Gasteiger partial charge in [0, 0.05) is 13.6 Å². The summed E-state index contributed by atoms with van der Waals surface area (Å²) < 4.78 is 28.1. The van der Waals surface area contributed by atoms with Gasteiger partial charge in [0.15, 0.2) is 0 Å². The van der Waals surface area contributed by atoms with E-state index in [9.17, 15) is 13.2 Å². The quantitative estimate of drug-likeness (QED) is 0.894. The van der Waals surface area contributed by atoms with Crippen LogP contribution in [-0.2, 0) is 20.2 Å². The van der Waals surface area contributed by atoms with Crippen LogP contribution in [0.2, 0.25) is 0 Å². The largest absolute Gasteiger partial charge is 0.358 e. The molecule has 0 bridgehead atoms. The van der Waals surface area contributed by atoms with Crippen LogP contribution in [0.15, 0.2) is 17.0 Å². The van der Waals surface area contributed by atoms with Gasteiger partial charge >= 0.3 is 0 Å². The number of sulfonamides is 1. The van der Waals surface area contributed by atoms with Crippen LogP contribution in [-0.4, -0.2) is 38.3 Å². The molecule has 140 valence electrons. The molecule has 1 aromatic rings. The molecular weight excluding hydrogens is 336 g/mol. The molecule has 1 aliphatic heterocycles. The number of aryl methyl sites for hydroxylation is 2. The molecule has 1 amide bonds. The summed E-state index contributed by atoms with van der Waals surface area (Å²) in [7, 11) is -2.17. The molecule has 1 N–H and O–H groups in total. The van der Waals surface area contributed by atoms with Crippen molar-refractivity contribution in [3.05, 3.63) is 28.8 Å². The van der Waals surface area contributed by atoms with E-state index in [0.717, 1.165) is 29.5 Å². The second-order valence-corrected chi connectivity index (χ2v) is 9.76. The molecule has 1 aromatic carbocycles. The van der Waals surface area contributed by atoms with Crippen molar-refractivity contribution >= 4 is 15.9 Å². The van der Waals surface area contributed by atoms with Crippen molar-refractivity contribution in [3.63, 3.8) is 0 Å². The van der Waals surface area contributed by atoms with E-state index in [1.165, 1.54) is 4.31 Å². The lowest BCUT2D eigenvalue weighted by atomic mass is 9.85. The van der Waals surface area contributed by atoms with E-state index in [1.54, 1.807) is 7.05 Å². The van der Waals surface area contributed by atoms with Crippen molar-refractivity contribution in [1.29, 1.82) is 0 Å². The summed E-state index contributed by atoms with van der Waals surface area (Å²) in [6.45, 7) is 10.4. The number of benzene rings is 1. The second-order valence-electron chi connectivity index (χ2n) is 7.93. The lowest BCUT2D eigenvalue weighted by molar-refractivity contribution is -0.125. The Morgan fingerprint density at radius 3 is 2.20 bits per heavy atom. The molecule has 1 unspecified atom stereocenters. The van der Waals surface area contributed by atoms with Crippen molar-refractivity contribution in [3.8, 4) is 0 Å². The third-order valence-electron chi connectivity index (χ3n) is 4.90. The molecule has 0 aromatic heterocycles. The van der Waals surface area contributed by atoms with Gasteiger partial charge < -0.3 is 5.32 Å². The van der Waals surface area contributed by atoms with Crippen LogP contribution in [0.5, 0.6) is 0 Å². The highest BCUT2D eigenvalue weighted by Gasteiger charge is 2.38. The van der Waals surface area contributed by atoms with E-state index in [2.05, 4.69) is 26.1 Å². The normalized spacial score (nSPS) is 19.7. The Morgan fingerprint density at radius 1 is 1.16 bits per heavy atom. The number of likely N-dealkylation sites (N-methyl/N-ethyl adjacent to an activating group) is 1. The van der Waals surface area contributed by atoms with Crippen LogP contribution in [0.25, 0.3) is 0 Å². The molecule has 1 aliphatic rings. The number of piperidine rings is 1. The first kappa shape index (κ1) is 19.9. The highest BCUT2D eigenvalue weighted by atomic mass is 32.2. The first-order valence-corrected chi connectivity index (χ1v) is 10.3. The van der Waals surface area contributed by atoms with Gasteiger partial charge in [0.2, 0.25) is 15.9 Å². The SMILES string of the molecule is CNC(=O)C1CCCCN1S(=O)(=O)c1c(C)cc(C(C)(C)C)cc1C. The zero-order chi connectivity index (χ0) is 19.0. The fourth-order valence-electron chi connectivity index (χ4n) is 3.53. The smallest absolute Gasteiger partial charge is 0.244 e. The number of hydrogen-bond acceptors (Lipinski definition) is 3. The predicted molar refractivity (Wildman–Crippen MR) is 100 cm³/mol. The van der Waals surface area contributed by atoms with Crippen molar-refractivity contribution in [2.75, 3.05) is 13.6 Å². The van der Waals surface area contributed by atoms with Gasteiger partial charge in [-0.25, -0.2) is 8.42 Å². The molecule has 1 fully saturated rings. The number of rotatable bonds is 3. The van der Waals surface area contributed by atoms with Gasteiger partial charge in [0.05, 0.1) is 4.90 Å². The van der Waals surface area contributed by atoms with E-state index in [0.29, 0.717) is 17.9 Å². The zero-order valence-electron chi connectivity index (χ0n) is 16.1. The number of nitrogens with one attached hydrogen (secondary N) is 1. The Morgan fingerprint density at radius 2 is 1.72 bits per heavy atom. The molecule has 1 atom stereocenters. The Labute approximate surface area is 151 Å². The highest BCUT2D eigenvalue weighted by Crippen LogP contribution is 2.33. The Hall–Kier alpha value is -1.40. The summed E-state index contributed by atoms with van der Waals surface area (Å²) in [5, 5.41) is 2.60. The standard InChI is InChI=1S/C19H30N2O3S/c1-13-11-15(19(3,4)5)12-14(2)17(13)25(23,24)21-10-8-7-9-16(21)18(22)20-6/h11-12,16H,7-10H2,1-6H3,(H,20,22). The number of amides is 1. The average molecular weight is 367 g/mol. The topological polar surface area (TPSA) is 66.5 Å². The van der Waals surface area contributed by atoms with Crippen molar-refractivity contribution in [2.24, 2.45) is 0 Å². The van der Waals surface area contributed by atoms with E-state index in [4.69, 9.17) is 0 Å². The van der Waals surface area contributed by atoms with Gasteiger partial charge in [-0.1, -0.05) is 39.3 Å². The maximum Gasteiger partial charge on any atom is 0.244 e. The number of nitrogens with zero attached hydrogens (tertiary/aromatic N) is 1. The van der Waals surface area contributed by atoms with Gasteiger partial charge in [-0.3, -0.25) is 4.79 Å². The molecule has 0 radical (unpaired) electrons. The Kier molecular flexibility index (Phi) is 5.64. The predicted octanol–water partition coefficient (Wildman–Crippen LogP) is 2.89. The summed E-state index contributed by atoms with van der Waals surface area (Å²) in [5.74, 6) is -0.232. The molecule has 0 spiro atoms. The van der Waals surface area contributed by atoms with Gasteiger partial charge in [0.25, 0.3) is 0 Å². The summed E-state index contributed by atoms with van der Waals surface area (Å²) in [6.07, 6.45) is 2.22. The van der Waals surface area contributed by atoms with E-state index in [-0.39, 0.29) is 11.3 Å². The first-order chi connectivity index (χ1) is 11.5. The third-order valence-corrected chi connectivity index (χ3v) is 7.11. The summed E-state index contributed by atoms with van der Waals surface area (Å²) >= 11 is 0. The summed E-state index contributed by atoms with van der Waals surface area (Å²) in [6, 6.07) is 3.29. The molecule has 25 heavy (non-hydrogen) atoms. The van der Waals surface area contributed by atoms with Crippen LogP contribution in [0.3, 0.4) is 0 Å². The van der Waals surface area contributed by atoms with Crippen molar-refractivity contribution in [1.82, 2.24) is 9.62 Å². The number of carbonyl (C=O) groups excluding carboxylic acids is 1. The monoisotopic (exact) mass is 366 g/mol. The summed E-state index contributed by atoms with van der Waals surface area (Å²) in [5.41, 5.74) is 2.55. The van der Waals surface area contributed by atoms with Crippen LogP contribution in [0.1, 0.15) is 56.7 Å². The number of hydrogen-bond donors (Lipinski definition) is 1. The minimum atomic E-state index is -3.72. The van der Waals surface area contributed by atoms with Crippen LogP contribution >= 0.6 is 0 Å². The van der Waals surface area contributed by atoms with E-state index < -0.39 is 16.1 Å². The Balaban J connectivity index is 2.54. The van der Waals surface area contributed by atoms with Crippen molar-refractivity contribution in [2.45, 2.75) is 70.2 Å². The van der Waals surface area contributed by atoms with Crippen LogP contribution < -0.4 is 5.32 Å². The van der Waals surface area contributed by atoms with Gasteiger partial charge in [-0.05, 0) is 48.8 Å². The van der Waals surface area contributed by atoms with Crippen LogP contribution in [0.4, 0.5) is 0 Å². The molecule has 2 rings (SSSR count). The fraction of sp³-hybridized carbons (Fsp3) is 0.632. The number of carbonyl (C=O) groups is 1. The molecule has 1 saturated heterocycles. The Bertz CT molecular complexity index is 740. The second kappa shape index (κ2) is 7.08. The first-order valence-electron chi connectivity index (χ1n) is 8.85. The zero-order valence-corrected chi connectivity index (χ0v) is 17.0. The highest BCUT2D eigenvalue weighted by molar-refractivity contribution is 7.89. The van der Waals surface area contributed by atoms with Crippen LogP contribution in [0, 0.1) is 13.8 Å². The summed E-state index contributed by atoms with van der Waals surface area (Å²) in [4.78, 5) is 12.5. The fourth-order valence-corrected chi connectivity index (χ4v) is 5.60. The molecule has 0 aliphatic carbocycles. The molecular formula is C19H30N2O3S. The van der Waals surface area contributed by atoms with Crippen molar-refractivity contribution < 1.29 is 13.2 Å². The minimum absolute atomic E-state index is 0.0480. The lowest BCUT2D eigenvalue weighted by Crippen LogP contribution is -2.51. The lowest BCUT2D eigenvalue weighted by Gasteiger charge is -2.34. The molecule has 0 saturated carbocycles. The maximum absolute atomic E-state index is 13.4. The van der Waals surface area contributed by atoms with E-state index in [1.807, 2.05) is 26.0 Å². The minimum Gasteiger partial charge on any atom is -0.358 e. The molecule has 1 heterocycles. The molecule has 6 heteroatoms. The van der Waals surface area contributed by atoms with E-state index >= 15 is 0 Å². The third kappa shape index (κ3) is 3.90.